The third-order valence-electron chi connectivity index (χ3n) is 4.52. The summed E-state index contributed by atoms with van der Waals surface area (Å²) in [4.78, 5) is 20.7. The molecule has 5 heteroatoms. The van der Waals surface area contributed by atoms with Crippen molar-refractivity contribution in [3.05, 3.63) is 48.0 Å². The molecular weight excluding hydrogens is 311 g/mol. The van der Waals surface area contributed by atoms with Gasteiger partial charge in [0.1, 0.15) is 0 Å². The third kappa shape index (κ3) is 1.46. The van der Waals surface area contributed by atoms with Crippen LogP contribution in [0.25, 0.3) is 10.8 Å². The number of halogens is 2. The molecule has 3 atom stereocenters. The van der Waals surface area contributed by atoms with Crippen molar-refractivity contribution in [1.29, 1.82) is 0 Å². The number of alkyl halides is 2. The number of fused-ring (bicyclic) bond motifs is 2. The molecule has 0 radical (unpaired) electrons. The molecule has 3 nitrogen and oxygen atoms in total. The Balaban J connectivity index is 1.81. The number of benzene rings is 2. The summed E-state index contributed by atoms with van der Waals surface area (Å²) in [5.41, 5.74) is 0.895. The molecule has 2 aliphatic rings. The fourth-order valence-corrected chi connectivity index (χ4v) is 4.06. The topological polar surface area (TPSA) is 43.4 Å². The van der Waals surface area contributed by atoms with Crippen LogP contribution in [0.4, 0.5) is 0 Å². The van der Waals surface area contributed by atoms with Gasteiger partial charge in [-0.05, 0) is 22.8 Å². The first-order valence-electron chi connectivity index (χ1n) is 6.60. The van der Waals surface area contributed by atoms with E-state index in [9.17, 15) is 9.59 Å². The summed E-state index contributed by atoms with van der Waals surface area (Å²) in [7, 11) is 0. The van der Waals surface area contributed by atoms with E-state index in [1.807, 2.05) is 42.5 Å². The summed E-state index contributed by atoms with van der Waals surface area (Å²) in [5.74, 6) is -1.80. The Morgan fingerprint density at radius 3 is 2.43 bits per heavy atom. The quantitative estimate of drug-likeness (QED) is 0.459. The first-order chi connectivity index (χ1) is 9.97. The van der Waals surface area contributed by atoms with Gasteiger partial charge in [0.2, 0.25) is 0 Å². The second-order valence-corrected chi connectivity index (χ2v) is 6.79. The molecule has 1 aliphatic carbocycles. The van der Waals surface area contributed by atoms with Crippen LogP contribution in [0.1, 0.15) is 17.9 Å². The van der Waals surface area contributed by atoms with Crippen LogP contribution >= 0.6 is 23.2 Å². The molecular formula is C16H10Cl2O3. The van der Waals surface area contributed by atoms with Crippen molar-refractivity contribution < 1.29 is 14.3 Å². The normalized spacial score (nSPS) is 34.5. The van der Waals surface area contributed by atoms with Crippen molar-refractivity contribution in [3.8, 4) is 0 Å². The number of esters is 2. The second-order valence-electron chi connectivity index (χ2n) is 5.55. The number of rotatable bonds is 1. The van der Waals surface area contributed by atoms with E-state index in [4.69, 9.17) is 23.2 Å². The minimum atomic E-state index is -1.49. The summed E-state index contributed by atoms with van der Waals surface area (Å²) in [6.45, 7) is 0. The lowest BCUT2D eigenvalue weighted by Crippen LogP contribution is -2.63. The van der Waals surface area contributed by atoms with E-state index in [2.05, 4.69) is 4.74 Å². The van der Waals surface area contributed by atoms with Crippen LogP contribution in [0.5, 0.6) is 0 Å². The minimum absolute atomic E-state index is 0.307. The van der Waals surface area contributed by atoms with Crippen LogP contribution < -0.4 is 0 Å². The highest BCUT2D eigenvalue weighted by Gasteiger charge is 2.79. The average molecular weight is 321 g/mol. The van der Waals surface area contributed by atoms with E-state index >= 15 is 0 Å². The van der Waals surface area contributed by atoms with Gasteiger partial charge in [0.15, 0.2) is 9.75 Å². The van der Waals surface area contributed by atoms with Gasteiger partial charge in [-0.15, -0.1) is 23.2 Å². The van der Waals surface area contributed by atoms with E-state index in [1.165, 1.54) is 0 Å². The van der Waals surface area contributed by atoms with Crippen LogP contribution in [0.15, 0.2) is 42.5 Å². The van der Waals surface area contributed by atoms with Crippen LogP contribution in [0, 0.1) is 0 Å². The molecule has 0 unspecified atom stereocenters. The molecule has 21 heavy (non-hydrogen) atoms. The molecule has 0 amide bonds. The average Bonchev–Trinajstić information content (AvgIpc) is 2.61. The Bertz CT molecular complexity index is 803. The molecule has 4 rings (SSSR count). The predicted molar refractivity (Wildman–Crippen MR) is 79.6 cm³/mol. The van der Waals surface area contributed by atoms with Gasteiger partial charge in [-0.25, -0.2) is 9.59 Å². The molecule has 2 fully saturated rings. The lowest BCUT2D eigenvalue weighted by Gasteiger charge is -2.48. The molecule has 2 aromatic rings. The monoisotopic (exact) mass is 320 g/mol. The van der Waals surface area contributed by atoms with E-state index in [0.29, 0.717) is 6.42 Å². The van der Waals surface area contributed by atoms with Crippen molar-refractivity contribution in [2.45, 2.75) is 22.1 Å². The lowest BCUT2D eigenvalue weighted by molar-refractivity contribution is -0.152. The summed E-state index contributed by atoms with van der Waals surface area (Å²) in [6, 6.07) is 13.8. The zero-order chi connectivity index (χ0) is 14.8. The lowest BCUT2D eigenvalue weighted by atomic mass is 9.61. The van der Waals surface area contributed by atoms with E-state index in [-0.39, 0.29) is 5.92 Å². The van der Waals surface area contributed by atoms with Crippen LogP contribution in [0.2, 0.25) is 0 Å². The number of carbonyl (C=O) groups excluding carboxylic acids is 2. The molecule has 1 saturated carbocycles. The third-order valence-corrected chi connectivity index (χ3v) is 5.97. The fraction of sp³-hybridized carbons (Fsp3) is 0.250. The van der Waals surface area contributed by atoms with Crippen LogP contribution in [-0.4, -0.2) is 21.7 Å². The van der Waals surface area contributed by atoms with Crippen LogP contribution in [0.3, 0.4) is 0 Å². The minimum Gasteiger partial charge on any atom is -0.390 e. The van der Waals surface area contributed by atoms with Crippen LogP contribution in [-0.2, 0) is 14.3 Å². The number of hydrogen-bond acceptors (Lipinski definition) is 3. The maximum Gasteiger partial charge on any atom is 0.338 e. The standard InChI is InChI=1S/C16H10Cl2O3/c17-15-8-12(16(15,18)14(20)21-13(15)19)11-6-5-9-3-1-2-4-10(9)7-11/h1-7,12H,8H2/t12-,15-,16+/m0/s1. The number of cyclic esters (lactones) is 2. The molecule has 106 valence electrons. The Hall–Kier alpha value is -1.58. The van der Waals surface area contributed by atoms with Gasteiger partial charge in [-0.1, -0.05) is 42.5 Å². The second kappa shape index (κ2) is 3.99. The summed E-state index contributed by atoms with van der Waals surface area (Å²) in [5, 5.41) is 2.16. The van der Waals surface area contributed by atoms with Gasteiger partial charge in [0.25, 0.3) is 0 Å². The molecule has 0 spiro atoms. The summed E-state index contributed by atoms with van der Waals surface area (Å²) < 4.78 is 4.65. The van der Waals surface area contributed by atoms with Gasteiger partial charge in [0, 0.05) is 5.92 Å². The van der Waals surface area contributed by atoms with Crippen molar-refractivity contribution >= 4 is 45.9 Å². The van der Waals surface area contributed by atoms with Gasteiger partial charge in [-0.2, -0.15) is 0 Å². The largest absolute Gasteiger partial charge is 0.390 e. The highest BCUT2D eigenvalue weighted by Crippen LogP contribution is 2.64. The highest BCUT2D eigenvalue weighted by atomic mass is 35.5. The van der Waals surface area contributed by atoms with E-state index in [1.54, 1.807) is 0 Å². The Labute approximate surface area is 130 Å². The van der Waals surface area contributed by atoms with Crippen molar-refractivity contribution in [2.24, 2.45) is 0 Å². The van der Waals surface area contributed by atoms with Crippen molar-refractivity contribution in [3.63, 3.8) is 0 Å². The maximum atomic E-state index is 12.0. The molecule has 0 bridgehead atoms. The number of hydrogen-bond donors (Lipinski definition) is 0. The number of carbonyl (C=O) groups is 2. The molecule has 1 saturated heterocycles. The smallest absolute Gasteiger partial charge is 0.338 e. The Kier molecular flexibility index (Phi) is 2.49. The summed E-state index contributed by atoms with van der Waals surface area (Å²) in [6.07, 6.45) is 0.307. The zero-order valence-corrected chi connectivity index (χ0v) is 12.3. The zero-order valence-electron chi connectivity index (χ0n) is 10.8. The SMILES string of the molecule is O=C1OC(=O)[C@]2(Cl)[C@H](c3ccc4ccccc4c3)C[C@]12Cl. The Morgan fingerprint density at radius 2 is 1.71 bits per heavy atom. The van der Waals surface area contributed by atoms with Gasteiger partial charge in [0.05, 0.1) is 0 Å². The van der Waals surface area contributed by atoms with Crippen molar-refractivity contribution in [1.82, 2.24) is 0 Å². The maximum absolute atomic E-state index is 12.0. The summed E-state index contributed by atoms with van der Waals surface area (Å²) >= 11 is 12.6. The van der Waals surface area contributed by atoms with Gasteiger partial charge in [-0.3, -0.25) is 0 Å². The highest BCUT2D eigenvalue weighted by molar-refractivity contribution is 6.53. The molecule has 0 N–H and O–H groups in total. The molecule has 1 heterocycles. The molecule has 1 aliphatic heterocycles. The van der Waals surface area contributed by atoms with Gasteiger partial charge >= 0.3 is 11.9 Å². The fourth-order valence-electron chi connectivity index (χ4n) is 3.26. The van der Waals surface area contributed by atoms with E-state index in [0.717, 1.165) is 16.3 Å². The van der Waals surface area contributed by atoms with Crippen molar-refractivity contribution in [2.75, 3.05) is 0 Å². The van der Waals surface area contributed by atoms with E-state index < -0.39 is 21.7 Å². The molecule has 2 aromatic carbocycles. The first kappa shape index (κ1) is 13.1. The Morgan fingerprint density at radius 1 is 1.00 bits per heavy atom. The number of ether oxygens (including phenoxy) is 1. The predicted octanol–water partition coefficient (Wildman–Crippen LogP) is 3.37. The molecule has 0 aromatic heterocycles. The van der Waals surface area contributed by atoms with Gasteiger partial charge < -0.3 is 4.74 Å². The first-order valence-corrected chi connectivity index (χ1v) is 7.35.